The summed E-state index contributed by atoms with van der Waals surface area (Å²) in [6.07, 6.45) is 5.89. The Balaban J connectivity index is 1.25. The summed E-state index contributed by atoms with van der Waals surface area (Å²) in [5, 5.41) is 17.2. The highest BCUT2D eigenvalue weighted by molar-refractivity contribution is 6.05. The highest BCUT2D eigenvalue weighted by atomic mass is 16.2. The lowest BCUT2D eigenvalue weighted by molar-refractivity contribution is 0.0947. The molecular weight excluding hydrogens is 456 g/mol. The van der Waals surface area contributed by atoms with Crippen LogP contribution in [0, 0.1) is 0 Å². The molecule has 0 aliphatic heterocycles. The zero-order valence-corrected chi connectivity index (χ0v) is 19.9. The zero-order chi connectivity index (χ0) is 25.1. The van der Waals surface area contributed by atoms with Crippen LogP contribution in [-0.2, 0) is 13.0 Å². The predicted molar refractivity (Wildman–Crippen MR) is 138 cm³/mol. The van der Waals surface area contributed by atoms with E-state index in [-0.39, 0.29) is 23.7 Å². The summed E-state index contributed by atoms with van der Waals surface area (Å²) < 4.78 is 0. The fourth-order valence-electron chi connectivity index (χ4n) is 4.29. The standard InChI is InChI=1S/C26H26N8O2/c1-3-17-18-9-10-27-13-21(18)31-22(17)14-29-25(35)24-19-12-28-23(11-20(19)33-34-24)32-26(36)30-15(2)16-7-5-4-6-8-16/h4-13,15,31H,3,14H2,1-2H3,(H,29,35)(H,33,34)(H2,28,30,32,36). The Morgan fingerprint density at radius 1 is 1.06 bits per heavy atom. The monoisotopic (exact) mass is 482 g/mol. The SMILES string of the molecule is CCc1c(CNC(=O)c2n[nH]c3cc(NC(=O)NC(C)c4ccccc4)ncc23)[nH]c2cnccc12. The van der Waals surface area contributed by atoms with Crippen LogP contribution in [0.5, 0.6) is 0 Å². The van der Waals surface area contributed by atoms with Gasteiger partial charge in [-0.25, -0.2) is 9.78 Å². The Labute approximate surface area is 206 Å². The largest absolute Gasteiger partial charge is 0.355 e. The molecule has 0 aliphatic carbocycles. The number of anilines is 1. The molecule has 0 radical (unpaired) electrons. The summed E-state index contributed by atoms with van der Waals surface area (Å²) in [6.45, 7) is 4.31. The molecule has 1 unspecified atom stereocenters. The zero-order valence-electron chi connectivity index (χ0n) is 19.9. The van der Waals surface area contributed by atoms with Crippen LogP contribution in [0.1, 0.15) is 47.2 Å². The third kappa shape index (κ3) is 4.61. The second-order valence-corrected chi connectivity index (χ2v) is 8.46. The average Bonchev–Trinajstić information content (AvgIpc) is 3.48. The third-order valence-corrected chi connectivity index (χ3v) is 6.13. The second-order valence-electron chi connectivity index (χ2n) is 8.46. The topological polar surface area (TPSA) is 140 Å². The first kappa shape index (κ1) is 23.0. The van der Waals surface area contributed by atoms with E-state index < -0.39 is 0 Å². The smallest absolute Gasteiger partial charge is 0.320 e. The first-order valence-electron chi connectivity index (χ1n) is 11.7. The average molecular weight is 483 g/mol. The molecule has 5 N–H and O–H groups in total. The maximum atomic E-state index is 12.9. The molecule has 0 fully saturated rings. The number of hydrogen-bond acceptors (Lipinski definition) is 5. The number of urea groups is 1. The molecule has 1 atom stereocenters. The van der Waals surface area contributed by atoms with E-state index in [9.17, 15) is 9.59 Å². The first-order chi connectivity index (χ1) is 17.5. The van der Waals surface area contributed by atoms with Gasteiger partial charge in [-0.2, -0.15) is 5.10 Å². The first-order valence-corrected chi connectivity index (χ1v) is 11.7. The van der Waals surface area contributed by atoms with E-state index in [2.05, 4.69) is 48.0 Å². The molecule has 0 bridgehead atoms. The van der Waals surface area contributed by atoms with Crippen molar-refractivity contribution in [3.8, 4) is 0 Å². The summed E-state index contributed by atoms with van der Waals surface area (Å²) >= 11 is 0. The van der Waals surface area contributed by atoms with E-state index in [0.29, 0.717) is 23.3 Å². The minimum absolute atomic E-state index is 0.167. The number of nitrogens with one attached hydrogen (secondary N) is 5. The van der Waals surface area contributed by atoms with Gasteiger partial charge in [0.15, 0.2) is 5.69 Å². The Bertz CT molecular complexity index is 1540. The summed E-state index contributed by atoms with van der Waals surface area (Å²) in [5.41, 5.74) is 4.85. The maximum absolute atomic E-state index is 12.9. The summed E-state index contributed by atoms with van der Waals surface area (Å²) in [6, 6.07) is 12.7. The van der Waals surface area contributed by atoms with Crippen molar-refractivity contribution in [1.82, 2.24) is 35.8 Å². The van der Waals surface area contributed by atoms with Crippen LogP contribution in [0.3, 0.4) is 0 Å². The van der Waals surface area contributed by atoms with Gasteiger partial charge in [0.2, 0.25) is 0 Å². The highest BCUT2D eigenvalue weighted by Crippen LogP contribution is 2.23. The van der Waals surface area contributed by atoms with E-state index in [0.717, 1.165) is 34.1 Å². The van der Waals surface area contributed by atoms with E-state index in [1.54, 1.807) is 18.5 Å². The van der Waals surface area contributed by atoms with Crippen molar-refractivity contribution in [2.45, 2.75) is 32.9 Å². The van der Waals surface area contributed by atoms with Crippen LogP contribution in [0.25, 0.3) is 21.8 Å². The number of nitrogens with zero attached hydrogens (tertiary/aromatic N) is 3. The van der Waals surface area contributed by atoms with Crippen LogP contribution in [0.4, 0.5) is 10.6 Å². The Hall–Kier alpha value is -4.73. The van der Waals surface area contributed by atoms with Gasteiger partial charge in [0, 0.05) is 29.5 Å². The van der Waals surface area contributed by atoms with E-state index in [1.807, 2.05) is 43.3 Å². The van der Waals surface area contributed by atoms with Gasteiger partial charge in [0.1, 0.15) is 5.82 Å². The fraction of sp³-hybridized carbons (Fsp3) is 0.192. The molecular formula is C26H26N8O2. The molecule has 1 aromatic carbocycles. The molecule has 0 aliphatic rings. The van der Waals surface area contributed by atoms with Gasteiger partial charge in [-0.05, 0) is 30.5 Å². The van der Waals surface area contributed by atoms with Crippen LogP contribution >= 0.6 is 0 Å². The van der Waals surface area contributed by atoms with E-state index >= 15 is 0 Å². The van der Waals surface area contributed by atoms with Gasteiger partial charge in [0.25, 0.3) is 5.91 Å². The lowest BCUT2D eigenvalue weighted by atomic mass is 10.1. The van der Waals surface area contributed by atoms with Gasteiger partial charge >= 0.3 is 6.03 Å². The van der Waals surface area contributed by atoms with Gasteiger partial charge in [-0.3, -0.25) is 20.2 Å². The molecule has 10 heteroatoms. The quantitative estimate of drug-likeness (QED) is 0.236. The van der Waals surface area contributed by atoms with Crippen molar-refractivity contribution >= 4 is 39.6 Å². The van der Waals surface area contributed by atoms with Gasteiger partial charge in [0.05, 0.1) is 35.2 Å². The number of carbonyl (C=O) groups is 2. The van der Waals surface area contributed by atoms with Crippen molar-refractivity contribution in [3.63, 3.8) is 0 Å². The van der Waals surface area contributed by atoms with Crippen LogP contribution in [0.2, 0.25) is 0 Å². The predicted octanol–water partition coefficient (Wildman–Crippen LogP) is 4.21. The van der Waals surface area contributed by atoms with Crippen LogP contribution in [-0.4, -0.2) is 37.1 Å². The lowest BCUT2D eigenvalue weighted by Gasteiger charge is -2.14. The van der Waals surface area contributed by atoms with Gasteiger partial charge < -0.3 is 15.6 Å². The fourth-order valence-corrected chi connectivity index (χ4v) is 4.29. The summed E-state index contributed by atoms with van der Waals surface area (Å²) in [7, 11) is 0. The number of H-pyrrole nitrogens is 2. The number of fused-ring (bicyclic) bond motifs is 2. The molecule has 4 heterocycles. The molecule has 3 amide bonds. The molecule has 5 aromatic rings. The Morgan fingerprint density at radius 3 is 2.69 bits per heavy atom. The summed E-state index contributed by atoms with van der Waals surface area (Å²) in [4.78, 5) is 37.1. The molecule has 0 saturated carbocycles. The number of pyridine rings is 2. The lowest BCUT2D eigenvalue weighted by Crippen LogP contribution is -2.31. The van der Waals surface area contributed by atoms with Gasteiger partial charge in [-0.1, -0.05) is 37.3 Å². The normalized spacial score (nSPS) is 11.9. The molecule has 10 nitrogen and oxygen atoms in total. The van der Waals surface area contributed by atoms with Crippen LogP contribution in [0.15, 0.2) is 61.1 Å². The van der Waals surface area contributed by atoms with Crippen molar-refractivity contribution in [2.24, 2.45) is 0 Å². The van der Waals surface area contributed by atoms with Crippen molar-refractivity contribution in [2.75, 3.05) is 5.32 Å². The summed E-state index contributed by atoms with van der Waals surface area (Å²) in [5.74, 6) is 0.0205. The maximum Gasteiger partial charge on any atom is 0.320 e. The minimum atomic E-state index is -0.379. The second kappa shape index (κ2) is 9.87. The number of aromatic amines is 2. The molecule has 5 rings (SSSR count). The number of benzene rings is 1. The number of hydrogen-bond donors (Lipinski definition) is 5. The van der Waals surface area contributed by atoms with Crippen molar-refractivity contribution < 1.29 is 9.59 Å². The highest BCUT2D eigenvalue weighted by Gasteiger charge is 2.17. The van der Waals surface area contributed by atoms with Crippen molar-refractivity contribution in [3.05, 3.63) is 83.6 Å². The van der Waals surface area contributed by atoms with Gasteiger partial charge in [-0.15, -0.1) is 0 Å². The molecule has 0 saturated heterocycles. The number of amides is 3. The minimum Gasteiger partial charge on any atom is -0.355 e. The molecule has 4 aromatic heterocycles. The Kier molecular flexibility index (Phi) is 6.31. The van der Waals surface area contributed by atoms with E-state index in [1.165, 1.54) is 6.20 Å². The Morgan fingerprint density at radius 2 is 1.89 bits per heavy atom. The number of rotatable bonds is 7. The molecule has 36 heavy (non-hydrogen) atoms. The van der Waals surface area contributed by atoms with E-state index in [4.69, 9.17) is 0 Å². The van der Waals surface area contributed by atoms with Crippen LogP contribution < -0.4 is 16.0 Å². The number of aryl methyl sites for hydroxylation is 1. The third-order valence-electron chi connectivity index (χ3n) is 6.13. The molecule has 182 valence electrons. The number of carbonyl (C=O) groups excluding carboxylic acids is 2. The number of aromatic nitrogens is 5. The van der Waals surface area contributed by atoms with Crippen molar-refractivity contribution in [1.29, 1.82) is 0 Å². The molecule has 0 spiro atoms.